The lowest BCUT2D eigenvalue weighted by Crippen LogP contribution is -2.27. The van der Waals surface area contributed by atoms with Gasteiger partial charge in [0.25, 0.3) is 0 Å². The van der Waals surface area contributed by atoms with Crippen molar-refractivity contribution in [2.75, 3.05) is 33.0 Å². The highest BCUT2D eigenvalue weighted by molar-refractivity contribution is 6.30. The van der Waals surface area contributed by atoms with E-state index < -0.39 is 0 Å². The molecule has 0 bridgehead atoms. The number of hydrogen-bond donors (Lipinski definition) is 2. The molecule has 1 saturated heterocycles. The normalized spacial score (nSPS) is 13.9. The molecule has 5 aromatic rings. The van der Waals surface area contributed by atoms with Gasteiger partial charge >= 0.3 is 0 Å². The number of rotatable bonds is 7. The van der Waals surface area contributed by atoms with E-state index in [4.69, 9.17) is 36.6 Å². The fourth-order valence-electron chi connectivity index (χ4n) is 5.52. The molecule has 0 spiro atoms. The summed E-state index contributed by atoms with van der Waals surface area (Å²) in [7, 11) is 3.30. The summed E-state index contributed by atoms with van der Waals surface area (Å²) in [5, 5.41) is 8.79. The number of ether oxygens (including phenoxy) is 3. The zero-order chi connectivity index (χ0) is 27.6. The number of benzene rings is 3. The molecule has 1 aliphatic heterocycles. The first-order valence-corrected chi connectivity index (χ1v) is 13.6. The lowest BCUT2D eigenvalue weighted by atomic mass is 9.84. The van der Waals surface area contributed by atoms with Gasteiger partial charge in [0.15, 0.2) is 17.3 Å². The maximum Gasteiger partial charge on any atom is 0.169 e. The van der Waals surface area contributed by atoms with Crippen LogP contribution < -0.4 is 25.3 Å². The zero-order valence-electron chi connectivity index (χ0n) is 22.4. The second-order valence-electron chi connectivity index (χ2n) is 9.72. The van der Waals surface area contributed by atoms with E-state index in [1.54, 1.807) is 20.3 Å². The summed E-state index contributed by atoms with van der Waals surface area (Å²) in [6, 6.07) is 21.3. The molecule has 3 aromatic carbocycles. The van der Waals surface area contributed by atoms with Crippen molar-refractivity contribution < 1.29 is 14.2 Å². The van der Waals surface area contributed by atoms with Crippen LogP contribution in [0.15, 0.2) is 73.1 Å². The molecule has 3 N–H and O–H groups in total. The molecule has 6 rings (SSSR count). The maximum absolute atomic E-state index is 6.57. The fourth-order valence-corrected chi connectivity index (χ4v) is 5.70. The molecule has 1 fully saturated rings. The topological polar surface area (TPSA) is 95.9 Å². The first kappa shape index (κ1) is 26.0. The van der Waals surface area contributed by atoms with Crippen LogP contribution in [-0.4, -0.2) is 41.9 Å². The summed E-state index contributed by atoms with van der Waals surface area (Å²) in [4.78, 5) is 4.38. The highest BCUT2D eigenvalue weighted by Crippen LogP contribution is 2.47. The Morgan fingerprint density at radius 1 is 0.900 bits per heavy atom. The minimum absolute atomic E-state index is 0.294. The van der Waals surface area contributed by atoms with Crippen molar-refractivity contribution in [2.24, 2.45) is 0 Å². The number of fused-ring (bicyclic) bond motifs is 1. The van der Waals surface area contributed by atoms with Crippen LogP contribution in [0.3, 0.4) is 0 Å². The first-order valence-electron chi connectivity index (χ1n) is 13.2. The third-order valence-corrected chi connectivity index (χ3v) is 7.61. The summed E-state index contributed by atoms with van der Waals surface area (Å²) < 4.78 is 19.3. The Bertz CT molecular complexity index is 1660. The second kappa shape index (κ2) is 11.1. The van der Waals surface area contributed by atoms with Crippen LogP contribution in [-0.2, 0) is 0 Å². The van der Waals surface area contributed by atoms with E-state index in [0.717, 1.165) is 59.6 Å². The van der Waals surface area contributed by atoms with Crippen LogP contribution >= 0.6 is 11.6 Å². The number of hydrogen-bond acceptors (Lipinski definition) is 7. The number of nitrogen functional groups attached to an aromatic ring is 1. The van der Waals surface area contributed by atoms with Gasteiger partial charge in [0.1, 0.15) is 23.3 Å². The van der Waals surface area contributed by atoms with Gasteiger partial charge in [-0.15, -0.1) is 0 Å². The van der Waals surface area contributed by atoms with Gasteiger partial charge in [-0.05, 0) is 97.6 Å². The summed E-state index contributed by atoms with van der Waals surface area (Å²) in [6.45, 7) is 1.88. The lowest BCUT2D eigenvalue weighted by molar-refractivity contribution is 0.379. The number of halogens is 1. The molecule has 3 heterocycles. The van der Waals surface area contributed by atoms with Crippen molar-refractivity contribution in [2.45, 2.75) is 18.8 Å². The van der Waals surface area contributed by atoms with Crippen molar-refractivity contribution in [1.82, 2.24) is 19.9 Å². The molecule has 8 nitrogen and oxygen atoms in total. The van der Waals surface area contributed by atoms with Gasteiger partial charge in [0.2, 0.25) is 0 Å². The number of methoxy groups -OCH3 is 2. The van der Waals surface area contributed by atoms with Gasteiger partial charge in [-0.1, -0.05) is 23.7 Å². The largest absolute Gasteiger partial charge is 0.497 e. The van der Waals surface area contributed by atoms with E-state index in [9.17, 15) is 0 Å². The number of aromatic nitrogens is 3. The Balaban J connectivity index is 1.57. The predicted octanol–water partition coefficient (Wildman–Crippen LogP) is 6.58. The van der Waals surface area contributed by atoms with Crippen LogP contribution in [0, 0.1) is 0 Å². The van der Waals surface area contributed by atoms with Crippen LogP contribution in [0.4, 0.5) is 5.82 Å². The van der Waals surface area contributed by atoms with Crippen molar-refractivity contribution in [3.8, 4) is 45.4 Å². The quantitative estimate of drug-likeness (QED) is 0.234. The predicted molar refractivity (Wildman–Crippen MR) is 158 cm³/mol. The molecule has 1 aliphatic rings. The Hall–Kier alpha value is -4.27. The number of nitrogens with two attached hydrogens (primary N) is 1. The van der Waals surface area contributed by atoms with E-state index in [0.29, 0.717) is 34.0 Å². The van der Waals surface area contributed by atoms with Gasteiger partial charge in [-0.3, -0.25) is 0 Å². The Labute approximate surface area is 237 Å². The lowest BCUT2D eigenvalue weighted by Gasteiger charge is -2.25. The van der Waals surface area contributed by atoms with Crippen molar-refractivity contribution >= 4 is 22.9 Å². The molecule has 0 radical (unpaired) electrons. The highest BCUT2D eigenvalue weighted by atomic mass is 35.5. The molecule has 0 aliphatic carbocycles. The van der Waals surface area contributed by atoms with Gasteiger partial charge in [0, 0.05) is 16.1 Å². The van der Waals surface area contributed by atoms with Gasteiger partial charge in [0.05, 0.1) is 19.9 Å². The van der Waals surface area contributed by atoms with Gasteiger partial charge in [-0.2, -0.15) is 5.10 Å². The Kier molecular flexibility index (Phi) is 7.19. The number of anilines is 1. The minimum atomic E-state index is 0.294. The molecule has 40 heavy (non-hydrogen) atoms. The molecular formula is C31H30ClN5O3. The molecule has 204 valence electrons. The van der Waals surface area contributed by atoms with E-state index in [-0.39, 0.29) is 0 Å². The molecule has 2 aromatic heterocycles. The minimum Gasteiger partial charge on any atom is -0.497 e. The summed E-state index contributed by atoms with van der Waals surface area (Å²) >= 11 is 6.17. The average molecular weight is 556 g/mol. The standard InChI is InChI=1S/C31H30ClN5O3/c1-38-23-9-6-20(7-10-23)29-27(19-12-14-34-15-13-19)28(30-31(33)35-18-36-37(29)30)21-8-11-25(26(16-21)39-2)40-24-5-3-4-22(32)17-24/h3-11,16-19,34H,12-15H2,1-2H3,(H2,33,35,36). The SMILES string of the molecule is COc1ccc(-c2c(C3CCNCC3)c(-c3ccc(Oc4cccc(Cl)c4)c(OC)c3)c3c(N)ncnn23)cc1. The van der Waals surface area contributed by atoms with E-state index in [1.807, 2.05) is 53.0 Å². The van der Waals surface area contributed by atoms with E-state index >= 15 is 0 Å². The van der Waals surface area contributed by atoms with Gasteiger partial charge in [-0.25, -0.2) is 9.50 Å². The van der Waals surface area contributed by atoms with E-state index in [2.05, 4.69) is 22.4 Å². The van der Waals surface area contributed by atoms with Crippen molar-refractivity contribution in [3.05, 3.63) is 83.6 Å². The Morgan fingerprint density at radius 3 is 2.40 bits per heavy atom. The third-order valence-electron chi connectivity index (χ3n) is 7.38. The highest BCUT2D eigenvalue weighted by Gasteiger charge is 2.30. The van der Waals surface area contributed by atoms with Crippen molar-refractivity contribution in [3.63, 3.8) is 0 Å². The number of nitrogens with zero attached hydrogens (tertiary/aromatic N) is 3. The summed E-state index contributed by atoms with van der Waals surface area (Å²) in [5.41, 5.74) is 12.5. The van der Waals surface area contributed by atoms with Crippen LogP contribution in [0.25, 0.3) is 27.9 Å². The zero-order valence-corrected chi connectivity index (χ0v) is 23.1. The second-order valence-corrected chi connectivity index (χ2v) is 10.2. The fraction of sp³-hybridized carbons (Fsp3) is 0.226. The first-order chi connectivity index (χ1) is 19.6. The Morgan fingerprint density at radius 2 is 1.68 bits per heavy atom. The number of nitrogens with one attached hydrogen (secondary N) is 1. The summed E-state index contributed by atoms with van der Waals surface area (Å²) in [6.07, 6.45) is 3.49. The monoisotopic (exact) mass is 555 g/mol. The molecule has 0 atom stereocenters. The molecule has 0 amide bonds. The number of piperidine rings is 1. The molecule has 9 heteroatoms. The van der Waals surface area contributed by atoms with Crippen molar-refractivity contribution in [1.29, 1.82) is 0 Å². The maximum atomic E-state index is 6.57. The summed E-state index contributed by atoms with van der Waals surface area (Å²) in [5.74, 6) is 3.31. The smallest absolute Gasteiger partial charge is 0.169 e. The average Bonchev–Trinajstić information content (AvgIpc) is 3.34. The molecular weight excluding hydrogens is 526 g/mol. The van der Waals surface area contributed by atoms with Crippen LogP contribution in [0.2, 0.25) is 5.02 Å². The molecule has 0 unspecified atom stereocenters. The third kappa shape index (κ3) is 4.80. The molecule has 0 saturated carbocycles. The van der Waals surface area contributed by atoms with Gasteiger partial charge < -0.3 is 25.3 Å². The van der Waals surface area contributed by atoms with Crippen LogP contribution in [0.5, 0.6) is 23.0 Å². The van der Waals surface area contributed by atoms with Crippen LogP contribution in [0.1, 0.15) is 24.3 Å². The van der Waals surface area contributed by atoms with E-state index in [1.165, 1.54) is 11.9 Å².